The minimum atomic E-state index is -0.771. The number of nitriles is 1. The molecule has 0 aromatic heterocycles. The number of nitrogens with zero attached hydrogens (tertiary/aromatic N) is 1. The minimum Gasteiger partial charge on any atom is -0.352 e. The Morgan fingerprint density at radius 1 is 1.21 bits per heavy atom. The number of halogens is 3. The van der Waals surface area contributed by atoms with E-state index in [0.29, 0.717) is 11.3 Å². The van der Waals surface area contributed by atoms with E-state index >= 15 is 0 Å². The zero-order chi connectivity index (χ0) is 14.0. The standard InChI is InChI=1S/C14H9ClF2N2/c1-8-4-11(3-2-9(8)7-18)19-14-12(15)5-10(16)6-13(14)17/h2-6,19H,1H3. The highest BCUT2D eigenvalue weighted by molar-refractivity contribution is 6.33. The van der Waals surface area contributed by atoms with Crippen molar-refractivity contribution >= 4 is 23.0 Å². The van der Waals surface area contributed by atoms with Gasteiger partial charge >= 0.3 is 0 Å². The van der Waals surface area contributed by atoms with Gasteiger partial charge in [-0.25, -0.2) is 8.78 Å². The van der Waals surface area contributed by atoms with E-state index in [1.807, 2.05) is 6.07 Å². The molecule has 2 aromatic rings. The van der Waals surface area contributed by atoms with Gasteiger partial charge in [0.15, 0.2) is 5.82 Å². The lowest BCUT2D eigenvalue weighted by molar-refractivity contribution is 0.586. The van der Waals surface area contributed by atoms with Crippen molar-refractivity contribution in [2.75, 3.05) is 5.32 Å². The lowest BCUT2D eigenvalue weighted by atomic mass is 10.1. The monoisotopic (exact) mass is 278 g/mol. The Morgan fingerprint density at radius 3 is 2.53 bits per heavy atom. The van der Waals surface area contributed by atoms with Gasteiger partial charge < -0.3 is 5.32 Å². The molecule has 0 fully saturated rings. The first-order chi connectivity index (χ1) is 9.01. The third kappa shape index (κ3) is 2.83. The van der Waals surface area contributed by atoms with E-state index < -0.39 is 11.6 Å². The molecule has 19 heavy (non-hydrogen) atoms. The molecule has 0 heterocycles. The van der Waals surface area contributed by atoms with Gasteiger partial charge in [0.1, 0.15) is 5.82 Å². The predicted octanol–water partition coefficient (Wildman–Crippen LogP) is 4.54. The Bertz CT molecular complexity index is 655. The molecule has 0 amide bonds. The number of hydrogen-bond donors (Lipinski definition) is 1. The second-order valence-electron chi connectivity index (χ2n) is 4.01. The van der Waals surface area contributed by atoms with Gasteiger partial charge in [0, 0.05) is 11.8 Å². The van der Waals surface area contributed by atoms with Crippen LogP contribution in [0, 0.1) is 29.9 Å². The third-order valence-electron chi connectivity index (χ3n) is 2.62. The summed E-state index contributed by atoms with van der Waals surface area (Å²) in [6.07, 6.45) is 0. The van der Waals surface area contributed by atoms with Crippen LogP contribution in [-0.4, -0.2) is 0 Å². The zero-order valence-electron chi connectivity index (χ0n) is 9.97. The molecule has 0 bridgehead atoms. The molecule has 0 aliphatic rings. The summed E-state index contributed by atoms with van der Waals surface area (Å²) in [7, 11) is 0. The summed E-state index contributed by atoms with van der Waals surface area (Å²) in [5.41, 5.74) is 1.87. The summed E-state index contributed by atoms with van der Waals surface area (Å²) in [4.78, 5) is 0. The van der Waals surface area contributed by atoms with Gasteiger partial charge in [-0.1, -0.05) is 11.6 Å². The van der Waals surface area contributed by atoms with E-state index in [1.54, 1.807) is 25.1 Å². The number of benzene rings is 2. The van der Waals surface area contributed by atoms with E-state index in [4.69, 9.17) is 16.9 Å². The van der Waals surface area contributed by atoms with Crippen LogP contribution in [0.2, 0.25) is 5.02 Å². The zero-order valence-corrected chi connectivity index (χ0v) is 10.7. The van der Waals surface area contributed by atoms with Crippen LogP contribution in [0.15, 0.2) is 30.3 Å². The lowest BCUT2D eigenvalue weighted by Crippen LogP contribution is -1.97. The van der Waals surface area contributed by atoms with Gasteiger partial charge in [0.25, 0.3) is 0 Å². The summed E-state index contributed by atoms with van der Waals surface area (Å²) in [6, 6.07) is 8.76. The molecule has 0 saturated carbocycles. The Balaban J connectivity index is 2.37. The molecule has 2 rings (SSSR count). The van der Waals surface area contributed by atoms with Crippen LogP contribution in [0.1, 0.15) is 11.1 Å². The highest BCUT2D eigenvalue weighted by Crippen LogP contribution is 2.30. The maximum atomic E-state index is 13.6. The van der Waals surface area contributed by atoms with E-state index in [9.17, 15) is 8.78 Å². The van der Waals surface area contributed by atoms with Crippen molar-refractivity contribution in [1.82, 2.24) is 0 Å². The molecule has 1 N–H and O–H groups in total. The summed E-state index contributed by atoms with van der Waals surface area (Å²) < 4.78 is 26.5. The molecular formula is C14H9ClF2N2. The topological polar surface area (TPSA) is 35.8 Å². The van der Waals surface area contributed by atoms with Crippen molar-refractivity contribution in [2.45, 2.75) is 6.92 Å². The normalized spacial score (nSPS) is 10.1. The van der Waals surface area contributed by atoms with Gasteiger partial charge in [-0.15, -0.1) is 0 Å². The van der Waals surface area contributed by atoms with Crippen molar-refractivity contribution in [3.63, 3.8) is 0 Å². The molecule has 0 atom stereocenters. The van der Waals surface area contributed by atoms with Crippen LogP contribution < -0.4 is 5.32 Å². The number of aryl methyl sites for hydroxylation is 1. The highest BCUT2D eigenvalue weighted by atomic mass is 35.5. The maximum Gasteiger partial charge on any atom is 0.151 e. The lowest BCUT2D eigenvalue weighted by Gasteiger charge is -2.10. The fraction of sp³-hybridized carbons (Fsp3) is 0.0714. The number of rotatable bonds is 2. The van der Waals surface area contributed by atoms with Crippen molar-refractivity contribution in [3.05, 3.63) is 58.1 Å². The van der Waals surface area contributed by atoms with E-state index in [0.717, 1.165) is 17.7 Å². The summed E-state index contributed by atoms with van der Waals surface area (Å²) >= 11 is 5.79. The average Bonchev–Trinajstić information content (AvgIpc) is 2.34. The van der Waals surface area contributed by atoms with Crippen LogP contribution in [0.3, 0.4) is 0 Å². The fourth-order valence-corrected chi connectivity index (χ4v) is 1.91. The second kappa shape index (κ2) is 5.25. The van der Waals surface area contributed by atoms with Gasteiger partial charge in [-0.3, -0.25) is 0 Å². The second-order valence-corrected chi connectivity index (χ2v) is 4.42. The SMILES string of the molecule is Cc1cc(Nc2c(F)cc(F)cc2Cl)ccc1C#N. The first-order valence-corrected chi connectivity index (χ1v) is 5.81. The van der Waals surface area contributed by atoms with Gasteiger partial charge in [0.2, 0.25) is 0 Å². The number of hydrogen-bond acceptors (Lipinski definition) is 2. The van der Waals surface area contributed by atoms with Crippen LogP contribution in [0.25, 0.3) is 0 Å². The fourth-order valence-electron chi connectivity index (χ4n) is 1.67. The van der Waals surface area contributed by atoms with Crippen LogP contribution in [0.5, 0.6) is 0 Å². The summed E-state index contributed by atoms with van der Waals surface area (Å²) in [5.74, 6) is -1.50. The van der Waals surface area contributed by atoms with E-state index in [1.165, 1.54) is 0 Å². The van der Waals surface area contributed by atoms with Crippen molar-refractivity contribution < 1.29 is 8.78 Å². The number of anilines is 2. The van der Waals surface area contributed by atoms with Crippen molar-refractivity contribution in [2.24, 2.45) is 0 Å². The molecular weight excluding hydrogens is 270 g/mol. The third-order valence-corrected chi connectivity index (χ3v) is 2.92. The predicted molar refractivity (Wildman–Crippen MR) is 70.5 cm³/mol. The average molecular weight is 279 g/mol. The van der Waals surface area contributed by atoms with Crippen LogP contribution >= 0.6 is 11.6 Å². The van der Waals surface area contributed by atoms with Crippen LogP contribution in [-0.2, 0) is 0 Å². The quantitative estimate of drug-likeness (QED) is 0.875. The summed E-state index contributed by atoms with van der Waals surface area (Å²) in [5, 5.41) is 11.6. The molecule has 2 nitrogen and oxygen atoms in total. The maximum absolute atomic E-state index is 13.6. The molecule has 0 radical (unpaired) electrons. The number of nitrogens with one attached hydrogen (secondary N) is 1. The molecule has 0 spiro atoms. The molecule has 0 saturated heterocycles. The Morgan fingerprint density at radius 2 is 1.95 bits per heavy atom. The Labute approximate surface area is 114 Å². The molecule has 96 valence electrons. The molecule has 0 aliphatic heterocycles. The van der Waals surface area contributed by atoms with Gasteiger partial charge in [-0.2, -0.15) is 5.26 Å². The van der Waals surface area contributed by atoms with Crippen LogP contribution in [0.4, 0.5) is 20.2 Å². The van der Waals surface area contributed by atoms with E-state index in [2.05, 4.69) is 5.32 Å². The molecule has 2 aromatic carbocycles. The minimum absolute atomic E-state index is 0.00664. The molecule has 5 heteroatoms. The largest absolute Gasteiger partial charge is 0.352 e. The van der Waals surface area contributed by atoms with Crippen molar-refractivity contribution in [3.8, 4) is 6.07 Å². The Kier molecular flexibility index (Phi) is 3.68. The molecule has 0 aliphatic carbocycles. The first-order valence-electron chi connectivity index (χ1n) is 5.43. The van der Waals surface area contributed by atoms with Crippen molar-refractivity contribution in [1.29, 1.82) is 5.26 Å². The molecule has 0 unspecified atom stereocenters. The van der Waals surface area contributed by atoms with Gasteiger partial charge in [0.05, 0.1) is 22.3 Å². The summed E-state index contributed by atoms with van der Waals surface area (Å²) in [6.45, 7) is 1.77. The van der Waals surface area contributed by atoms with E-state index in [-0.39, 0.29) is 10.7 Å². The Hall–Kier alpha value is -2.12. The smallest absolute Gasteiger partial charge is 0.151 e. The van der Waals surface area contributed by atoms with Gasteiger partial charge in [-0.05, 0) is 36.8 Å². The first kappa shape index (κ1) is 13.3. The highest BCUT2D eigenvalue weighted by Gasteiger charge is 2.10.